The van der Waals surface area contributed by atoms with Crippen molar-refractivity contribution in [2.24, 2.45) is 12.5 Å². The molecule has 3 N–H and O–H groups in total. The number of rotatable bonds is 4. The van der Waals surface area contributed by atoms with Crippen LogP contribution in [0.25, 0.3) is 0 Å². The maximum absolute atomic E-state index is 11.8. The Morgan fingerprint density at radius 3 is 3.11 bits per heavy atom. The van der Waals surface area contributed by atoms with Crippen LogP contribution < -0.4 is 10.6 Å². The zero-order chi connectivity index (χ0) is 13.9. The normalized spacial score (nSPS) is 26.4. The molecule has 1 heterocycles. The van der Waals surface area contributed by atoms with Crippen molar-refractivity contribution >= 4 is 6.03 Å². The Kier molecular flexibility index (Phi) is 4.04. The predicted octanol–water partition coefficient (Wildman–Crippen LogP) is 0.165. The highest BCUT2D eigenvalue weighted by Gasteiger charge is 2.39. The summed E-state index contributed by atoms with van der Waals surface area (Å²) in [5, 5.41) is 19.2. The fraction of sp³-hybridized carbons (Fsp3) is 0.750. The van der Waals surface area contributed by atoms with E-state index in [2.05, 4.69) is 20.7 Å². The molecule has 2 rings (SSSR count). The second kappa shape index (κ2) is 5.56. The first-order valence-electron chi connectivity index (χ1n) is 6.53. The summed E-state index contributed by atoms with van der Waals surface area (Å²) in [7, 11) is 1.78. The van der Waals surface area contributed by atoms with Crippen LogP contribution in [-0.4, -0.2) is 38.6 Å². The molecule has 1 aromatic rings. The maximum atomic E-state index is 11.8. The van der Waals surface area contributed by atoms with E-state index in [1.54, 1.807) is 18.1 Å². The minimum absolute atomic E-state index is 0.0224. The average Bonchev–Trinajstić information content (AvgIpc) is 2.95. The summed E-state index contributed by atoms with van der Waals surface area (Å²) >= 11 is 0. The number of carbonyl (C=O) groups excluding carboxylic acids is 1. The van der Waals surface area contributed by atoms with Crippen LogP contribution in [0.5, 0.6) is 0 Å². The molecular weight excluding hydrogens is 246 g/mol. The van der Waals surface area contributed by atoms with Crippen LogP contribution >= 0.6 is 0 Å². The monoisotopic (exact) mass is 267 g/mol. The summed E-state index contributed by atoms with van der Waals surface area (Å²) in [6.45, 7) is 2.40. The highest BCUT2D eigenvalue weighted by Crippen LogP contribution is 2.37. The van der Waals surface area contributed by atoms with E-state index in [9.17, 15) is 9.90 Å². The van der Waals surface area contributed by atoms with E-state index in [-0.39, 0.29) is 24.1 Å². The molecule has 1 aliphatic rings. The quantitative estimate of drug-likeness (QED) is 0.725. The van der Waals surface area contributed by atoms with Crippen molar-refractivity contribution in [2.45, 2.75) is 38.8 Å². The lowest BCUT2D eigenvalue weighted by Gasteiger charge is -2.30. The van der Waals surface area contributed by atoms with Gasteiger partial charge in [-0.2, -0.15) is 5.10 Å². The van der Waals surface area contributed by atoms with Gasteiger partial charge in [-0.15, -0.1) is 0 Å². The minimum atomic E-state index is -0.237. The molecule has 2 atom stereocenters. The van der Waals surface area contributed by atoms with Crippen molar-refractivity contribution < 1.29 is 9.90 Å². The van der Waals surface area contributed by atoms with Gasteiger partial charge in [0.1, 0.15) is 6.33 Å². The van der Waals surface area contributed by atoms with Gasteiger partial charge in [0, 0.05) is 18.5 Å². The minimum Gasteiger partial charge on any atom is -0.396 e. The highest BCUT2D eigenvalue weighted by molar-refractivity contribution is 5.74. The van der Waals surface area contributed by atoms with Gasteiger partial charge < -0.3 is 15.7 Å². The molecule has 7 heteroatoms. The van der Waals surface area contributed by atoms with Gasteiger partial charge in [-0.25, -0.2) is 9.78 Å². The number of hydrogen-bond donors (Lipinski definition) is 3. The van der Waals surface area contributed by atoms with E-state index in [4.69, 9.17) is 0 Å². The molecule has 0 radical (unpaired) electrons. The fourth-order valence-corrected chi connectivity index (χ4v) is 2.50. The van der Waals surface area contributed by atoms with Crippen LogP contribution in [0.3, 0.4) is 0 Å². The third-order valence-corrected chi connectivity index (χ3v) is 3.80. The molecule has 2 amide bonds. The lowest BCUT2D eigenvalue weighted by molar-refractivity contribution is 0.121. The standard InChI is InChI=1S/C12H21N5O2/c1-12(7-18)5-3-4-9(12)15-11(19)13-6-10-14-8-17(2)16-10/h8-9,18H,3-7H2,1-2H3,(H2,13,15,19). The topological polar surface area (TPSA) is 92.1 Å². The van der Waals surface area contributed by atoms with Crippen molar-refractivity contribution in [2.75, 3.05) is 6.61 Å². The Morgan fingerprint density at radius 2 is 2.47 bits per heavy atom. The number of aliphatic hydroxyl groups excluding tert-OH is 1. The van der Waals surface area contributed by atoms with Crippen molar-refractivity contribution in [1.82, 2.24) is 25.4 Å². The van der Waals surface area contributed by atoms with Crippen LogP contribution in [-0.2, 0) is 13.6 Å². The predicted molar refractivity (Wildman–Crippen MR) is 69.2 cm³/mol. The number of carbonyl (C=O) groups is 1. The van der Waals surface area contributed by atoms with E-state index in [0.717, 1.165) is 19.3 Å². The van der Waals surface area contributed by atoms with E-state index in [1.807, 2.05) is 6.92 Å². The molecule has 0 aliphatic heterocycles. The molecule has 7 nitrogen and oxygen atoms in total. The number of amides is 2. The number of hydrogen-bond acceptors (Lipinski definition) is 4. The SMILES string of the molecule is Cn1cnc(CNC(=O)NC2CCCC2(C)CO)n1. The van der Waals surface area contributed by atoms with E-state index < -0.39 is 0 Å². The molecule has 1 saturated carbocycles. The van der Waals surface area contributed by atoms with Crippen LogP contribution in [0, 0.1) is 5.41 Å². The molecule has 106 valence electrons. The summed E-state index contributed by atoms with van der Waals surface area (Å²) < 4.78 is 1.59. The fourth-order valence-electron chi connectivity index (χ4n) is 2.50. The molecule has 1 aliphatic carbocycles. The Balaban J connectivity index is 1.81. The molecule has 1 aromatic heterocycles. The Morgan fingerprint density at radius 1 is 1.68 bits per heavy atom. The molecule has 0 bridgehead atoms. The van der Waals surface area contributed by atoms with Crippen molar-refractivity contribution in [3.8, 4) is 0 Å². The van der Waals surface area contributed by atoms with Gasteiger partial charge in [0.05, 0.1) is 13.2 Å². The first-order valence-corrected chi connectivity index (χ1v) is 6.53. The lowest BCUT2D eigenvalue weighted by Crippen LogP contribution is -2.48. The first kappa shape index (κ1) is 13.8. The smallest absolute Gasteiger partial charge is 0.315 e. The van der Waals surface area contributed by atoms with Crippen LogP contribution in [0.1, 0.15) is 32.0 Å². The number of urea groups is 1. The van der Waals surface area contributed by atoms with Gasteiger partial charge >= 0.3 is 6.03 Å². The molecule has 1 fully saturated rings. The van der Waals surface area contributed by atoms with Crippen LogP contribution in [0.2, 0.25) is 0 Å². The summed E-state index contributed by atoms with van der Waals surface area (Å²) in [4.78, 5) is 15.9. The van der Waals surface area contributed by atoms with Gasteiger partial charge in [0.15, 0.2) is 5.82 Å². The summed E-state index contributed by atoms with van der Waals surface area (Å²) in [6, 6.07) is -0.215. The van der Waals surface area contributed by atoms with Crippen molar-refractivity contribution in [3.05, 3.63) is 12.2 Å². The first-order chi connectivity index (χ1) is 9.03. The van der Waals surface area contributed by atoms with Gasteiger partial charge in [-0.1, -0.05) is 13.3 Å². The number of aromatic nitrogens is 3. The number of aliphatic hydroxyl groups is 1. The van der Waals surface area contributed by atoms with Crippen molar-refractivity contribution in [3.63, 3.8) is 0 Å². The average molecular weight is 267 g/mol. The number of nitrogens with zero attached hydrogens (tertiary/aromatic N) is 3. The zero-order valence-electron chi connectivity index (χ0n) is 11.4. The molecule has 0 saturated heterocycles. The van der Waals surface area contributed by atoms with E-state index >= 15 is 0 Å². The van der Waals surface area contributed by atoms with Crippen LogP contribution in [0.15, 0.2) is 6.33 Å². The highest BCUT2D eigenvalue weighted by atomic mass is 16.3. The molecule has 0 spiro atoms. The van der Waals surface area contributed by atoms with Gasteiger partial charge in [0.2, 0.25) is 0 Å². The summed E-state index contributed by atoms with van der Waals surface area (Å²) in [5.41, 5.74) is -0.208. The van der Waals surface area contributed by atoms with Gasteiger partial charge in [-0.05, 0) is 12.8 Å². The summed E-state index contributed by atoms with van der Waals surface area (Å²) in [6.07, 6.45) is 4.47. The van der Waals surface area contributed by atoms with Crippen molar-refractivity contribution in [1.29, 1.82) is 0 Å². The van der Waals surface area contributed by atoms with Gasteiger partial charge in [0.25, 0.3) is 0 Å². The third kappa shape index (κ3) is 3.23. The second-order valence-electron chi connectivity index (χ2n) is 5.42. The third-order valence-electron chi connectivity index (χ3n) is 3.80. The Hall–Kier alpha value is -1.63. The zero-order valence-corrected chi connectivity index (χ0v) is 11.4. The molecular formula is C12H21N5O2. The Bertz CT molecular complexity index is 447. The number of nitrogens with one attached hydrogen (secondary N) is 2. The van der Waals surface area contributed by atoms with E-state index in [0.29, 0.717) is 12.4 Å². The van der Waals surface area contributed by atoms with E-state index in [1.165, 1.54) is 0 Å². The molecule has 2 unspecified atom stereocenters. The second-order valence-corrected chi connectivity index (χ2v) is 5.42. The molecule has 0 aromatic carbocycles. The van der Waals surface area contributed by atoms with Crippen LogP contribution in [0.4, 0.5) is 4.79 Å². The summed E-state index contributed by atoms with van der Waals surface area (Å²) in [5.74, 6) is 0.578. The maximum Gasteiger partial charge on any atom is 0.315 e. The van der Waals surface area contributed by atoms with Gasteiger partial charge in [-0.3, -0.25) is 4.68 Å². The largest absolute Gasteiger partial charge is 0.396 e. The number of aryl methyl sites for hydroxylation is 1. The lowest BCUT2D eigenvalue weighted by atomic mass is 9.86. The molecule has 19 heavy (non-hydrogen) atoms. The Labute approximate surface area is 112 Å².